The third kappa shape index (κ3) is 8.12. The van der Waals surface area contributed by atoms with E-state index in [0.29, 0.717) is 57.9 Å². The predicted molar refractivity (Wildman–Crippen MR) is 128 cm³/mol. The first-order valence-electron chi connectivity index (χ1n) is 10.1. The van der Waals surface area contributed by atoms with Crippen LogP contribution in [0.4, 0.5) is 0 Å². The summed E-state index contributed by atoms with van der Waals surface area (Å²) in [4.78, 5) is 24.2. The highest BCUT2D eigenvalue weighted by Gasteiger charge is 2.29. The zero-order valence-electron chi connectivity index (χ0n) is 17.4. The predicted octanol–water partition coefficient (Wildman–Crippen LogP) is 4.25. The van der Waals surface area contributed by atoms with Crippen LogP contribution >= 0.6 is 46.4 Å². The highest BCUT2D eigenvalue weighted by atomic mass is 35.5. The van der Waals surface area contributed by atoms with Crippen LogP contribution in [0, 0.1) is 11.8 Å². The van der Waals surface area contributed by atoms with Gasteiger partial charge < -0.3 is 24.8 Å². The van der Waals surface area contributed by atoms with Gasteiger partial charge in [-0.1, -0.05) is 46.4 Å². The van der Waals surface area contributed by atoms with Crippen LogP contribution in [-0.2, 0) is 14.3 Å². The van der Waals surface area contributed by atoms with Gasteiger partial charge in [0.2, 0.25) is 0 Å². The molecule has 0 aromatic heterocycles. The van der Waals surface area contributed by atoms with Crippen molar-refractivity contribution in [3.63, 3.8) is 0 Å². The van der Waals surface area contributed by atoms with Crippen LogP contribution in [0.3, 0.4) is 0 Å². The van der Waals surface area contributed by atoms with Gasteiger partial charge >= 0.3 is 0 Å². The van der Waals surface area contributed by atoms with Crippen molar-refractivity contribution in [3.05, 3.63) is 56.5 Å². The molecule has 1 aliphatic heterocycles. The molecule has 1 saturated heterocycles. The molecule has 1 fully saturated rings. The highest BCUT2D eigenvalue weighted by Crippen LogP contribution is 2.27. The molecule has 0 aliphatic carbocycles. The summed E-state index contributed by atoms with van der Waals surface area (Å²) in [6.45, 7) is 1.49. The minimum atomic E-state index is -0.272. The summed E-state index contributed by atoms with van der Waals surface area (Å²) in [5.41, 5.74) is 0. The lowest BCUT2D eigenvalue weighted by Gasteiger charge is -2.19. The first-order chi connectivity index (χ1) is 15.8. The maximum Gasteiger partial charge on any atom is 0.257 e. The Hall–Kier alpha value is -1.90. The lowest BCUT2D eigenvalue weighted by Crippen LogP contribution is -2.40. The van der Waals surface area contributed by atoms with Crippen molar-refractivity contribution in [1.29, 1.82) is 0 Å². The molecule has 0 spiro atoms. The molecule has 1 aliphatic rings. The number of ether oxygens (including phenoxy) is 3. The summed E-state index contributed by atoms with van der Waals surface area (Å²) in [5.74, 6) is 0.488. The number of carbonyl (C=O) groups is 2. The van der Waals surface area contributed by atoms with E-state index >= 15 is 0 Å². The van der Waals surface area contributed by atoms with E-state index in [2.05, 4.69) is 10.6 Å². The number of carbonyl (C=O) groups excluding carboxylic acids is 2. The minimum absolute atomic E-state index is 0.0650. The smallest absolute Gasteiger partial charge is 0.257 e. The summed E-state index contributed by atoms with van der Waals surface area (Å²) < 4.78 is 16.4. The van der Waals surface area contributed by atoms with E-state index in [0.717, 1.165) is 0 Å². The molecule has 0 saturated carbocycles. The minimum Gasteiger partial charge on any atom is -0.484 e. The van der Waals surface area contributed by atoms with Crippen molar-refractivity contribution < 1.29 is 23.8 Å². The van der Waals surface area contributed by atoms with Crippen molar-refractivity contribution in [1.82, 2.24) is 10.6 Å². The normalized spacial score (nSPS) is 17.5. The Morgan fingerprint density at radius 1 is 0.758 bits per heavy atom. The largest absolute Gasteiger partial charge is 0.484 e. The monoisotopic (exact) mass is 534 g/mol. The van der Waals surface area contributed by atoms with Crippen molar-refractivity contribution in [2.45, 2.75) is 0 Å². The van der Waals surface area contributed by atoms with Gasteiger partial charge in [0.1, 0.15) is 11.5 Å². The average Bonchev–Trinajstić information content (AvgIpc) is 3.25. The van der Waals surface area contributed by atoms with E-state index in [1.165, 1.54) is 0 Å². The molecule has 0 bridgehead atoms. The van der Waals surface area contributed by atoms with Crippen molar-refractivity contribution in [2.24, 2.45) is 11.8 Å². The SMILES string of the molecule is O=C(COc1ccc(Cl)c(Cl)c1)NC[C@@H]1COC[C@@H]1CNC(=O)COc1ccc(Cl)c(Cl)c1. The number of nitrogens with one attached hydrogen (secondary N) is 2. The molecule has 11 heteroatoms. The molecule has 0 radical (unpaired) electrons. The standard InChI is InChI=1S/C22H22Cl4N2O5/c23-17-3-1-15(5-19(17)25)32-11-21(29)27-7-13-9-31-10-14(13)8-28-22(30)12-33-16-2-4-18(24)20(26)6-16/h1-6,13-14H,7-12H2,(H,27,29)(H,28,30)/t13-,14+. The summed E-state index contributed by atoms with van der Waals surface area (Å²) in [5, 5.41) is 7.19. The zero-order valence-corrected chi connectivity index (χ0v) is 20.4. The maximum atomic E-state index is 12.1. The third-order valence-electron chi connectivity index (χ3n) is 4.98. The Kier molecular flexibility index (Phi) is 9.77. The van der Waals surface area contributed by atoms with Crippen molar-refractivity contribution in [2.75, 3.05) is 39.5 Å². The van der Waals surface area contributed by atoms with Gasteiger partial charge in [0.15, 0.2) is 13.2 Å². The summed E-state index contributed by atoms with van der Waals surface area (Å²) in [6.07, 6.45) is 0. The van der Waals surface area contributed by atoms with E-state index in [1.54, 1.807) is 36.4 Å². The Morgan fingerprint density at radius 2 is 1.18 bits per heavy atom. The Labute approximate surface area is 211 Å². The highest BCUT2D eigenvalue weighted by molar-refractivity contribution is 6.42. The fourth-order valence-electron chi connectivity index (χ4n) is 3.12. The fraction of sp³-hybridized carbons (Fsp3) is 0.364. The van der Waals surface area contributed by atoms with E-state index in [1.807, 2.05) is 0 Å². The fourth-order valence-corrected chi connectivity index (χ4v) is 3.69. The summed E-state index contributed by atoms with van der Waals surface area (Å²) in [6, 6.07) is 9.56. The number of hydrogen-bond acceptors (Lipinski definition) is 5. The van der Waals surface area contributed by atoms with Crippen molar-refractivity contribution >= 4 is 58.2 Å². The third-order valence-corrected chi connectivity index (χ3v) is 6.45. The lowest BCUT2D eigenvalue weighted by molar-refractivity contribution is -0.124. The number of benzene rings is 2. The van der Waals surface area contributed by atoms with Gasteiger partial charge in [0.05, 0.1) is 33.3 Å². The molecular formula is C22H22Cl4N2O5. The molecule has 2 aromatic carbocycles. The molecule has 2 aromatic rings. The Morgan fingerprint density at radius 3 is 1.58 bits per heavy atom. The van der Waals surface area contributed by atoms with Gasteiger partial charge in [-0.05, 0) is 24.3 Å². The first-order valence-corrected chi connectivity index (χ1v) is 11.6. The van der Waals surface area contributed by atoms with Crippen LogP contribution in [0.15, 0.2) is 36.4 Å². The van der Waals surface area contributed by atoms with Gasteiger partial charge in [-0.15, -0.1) is 0 Å². The quantitative estimate of drug-likeness (QED) is 0.475. The molecule has 1 heterocycles. The number of rotatable bonds is 10. The van der Waals surface area contributed by atoms with Crippen molar-refractivity contribution in [3.8, 4) is 11.5 Å². The second kappa shape index (κ2) is 12.5. The van der Waals surface area contributed by atoms with E-state index in [4.69, 9.17) is 60.6 Å². The van der Waals surface area contributed by atoms with Gasteiger partial charge in [0, 0.05) is 37.1 Å². The van der Waals surface area contributed by atoms with Crippen LogP contribution in [-0.4, -0.2) is 51.3 Å². The molecule has 2 atom stereocenters. The molecule has 3 rings (SSSR count). The first kappa shape index (κ1) is 25.7. The number of amides is 2. The van der Waals surface area contributed by atoms with Crippen LogP contribution in [0.25, 0.3) is 0 Å². The molecule has 0 unspecified atom stereocenters. The van der Waals surface area contributed by atoms with Gasteiger partial charge in [-0.2, -0.15) is 0 Å². The summed E-state index contributed by atoms with van der Waals surface area (Å²) >= 11 is 23.6. The second-order valence-electron chi connectivity index (χ2n) is 7.39. The maximum absolute atomic E-state index is 12.1. The average molecular weight is 536 g/mol. The molecule has 7 nitrogen and oxygen atoms in total. The number of hydrogen-bond donors (Lipinski definition) is 2. The summed E-state index contributed by atoms with van der Waals surface area (Å²) in [7, 11) is 0. The van der Waals surface area contributed by atoms with Crippen LogP contribution in [0.1, 0.15) is 0 Å². The van der Waals surface area contributed by atoms with Gasteiger partial charge in [-0.3, -0.25) is 9.59 Å². The Balaban J connectivity index is 1.35. The molecule has 2 amide bonds. The van der Waals surface area contributed by atoms with Gasteiger partial charge in [0.25, 0.3) is 11.8 Å². The molecule has 2 N–H and O–H groups in total. The van der Waals surface area contributed by atoms with E-state index < -0.39 is 0 Å². The zero-order chi connectivity index (χ0) is 23.8. The van der Waals surface area contributed by atoms with E-state index in [9.17, 15) is 9.59 Å². The topological polar surface area (TPSA) is 85.9 Å². The molecule has 33 heavy (non-hydrogen) atoms. The molecule has 178 valence electrons. The van der Waals surface area contributed by atoms with Crippen LogP contribution < -0.4 is 20.1 Å². The Bertz CT molecular complexity index is 914. The van der Waals surface area contributed by atoms with Crippen LogP contribution in [0.5, 0.6) is 11.5 Å². The van der Waals surface area contributed by atoms with Crippen LogP contribution in [0.2, 0.25) is 20.1 Å². The van der Waals surface area contributed by atoms with E-state index in [-0.39, 0.29) is 36.9 Å². The van der Waals surface area contributed by atoms with Gasteiger partial charge in [-0.25, -0.2) is 0 Å². The second-order valence-corrected chi connectivity index (χ2v) is 9.02. The molecular weight excluding hydrogens is 514 g/mol. The number of halogens is 4. The lowest BCUT2D eigenvalue weighted by atomic mass is 9.96.